The van der Waals surface area contributed by atoms with Crippen molar-refractivity contribution in [3.8, 4) is 11.5 Å². The average molecular weight is 295 g/mol. The molecule has 0 bridgehead atoms. The quantitative estimate of drug-likeness (QED) is 0.889. The Balaban J connectivity index is 2.15. The van der Waals surface area contributed by atoms with Crippen LogP contribution in [0.5, 0.6) is 11.5 Å². The van der Waals surface area contributed by atoms with E-state index < -0.39 is 12.7 Å². The summed E-state index contributed by atoms with van der Waals surface area (Å²) in [5, 5.41) is 10.3. The number of nitrogens with zero attached hydrogens (tertiary/aromatic N) is 1. The molecule has 112 valence electrons. The van der Waals surface area contributed by atoms with Crippen molar-refractivity contribution in [2.45, 2.75) is 19.6 Å². The standard InChI is InChI=1S/C15H15F2NO3/c1-2-20-13-7-11(8-18-9-13)14(19)10-3-5-12(6-4-10)21-15(16)17/h3-9,14-15,19H,2H2,1H3. The molecule has 0 aliphatic rings. The van der Waals surface area contributed by atoms with Gasteiger partial charge in [-0.25, -0.2) is 0 Å². The van der Waals surface area contributed by atoms with E-state index in [0.717, 1.165) is 0 Å². The predicted molar refractivity (Wildman–Crippen MR) is 72.5 cm³/mol. The normalized spacial score (nSPS) is 12.2. The van der Waals surface area contributed by atoms with Gasteiger partial charge in [0.15, 0.2) is 0 Å². The lowest BCUT2D eigenvalue weighted by atomic mass is 10.0. The highest BCUT2D eigenvalue weighted by atomic mass is 19.3. The van der Waals surface area contributed by atoms with Gasteiger partial charge in [-0.05, 0) is 30.7 Å². The Bertz CT molecular complexity index is 575. The van der Waals surface area contributed by atoms with Crippen molar-refractivity contribution < 1.29 is 23.4 Å². The summed E-state index contributed by atoms with van der Waals surface area (Å²) in [5.74, 6) is 0.605. The second-order valence-corrected chi connectivity index (χ2v) is 4.24. The maximum absolute atomic E-state index is 12.1. The monoisotopic (exact) mass is 295 g/mol. The largest absolute Gasteiger partial charge is 0.492 e. The average Bonchev–Trinajstić information content (AvgIpc) is 2.47. The van der Waals surface area contributed by atoms with Crippen LogP contribution in [-0.2, 0) is 0 Å². The molecule has 21 heavy (non-hydrogen) atoms. The fourth-order valence-corrected chi connectivity index (χ4v) is 1.85. The highest BCUT2D eigenvalue weighted by Crippen LogP contribution is 2.26. The topological polar surface area (TPSA) is 51.6 Å². The van der Waals surface area contributed by atoms with Gasteiger partial charge in [0.05, 0.1) is 12.8 Å². The fourth-order valence-electron chi connectivity index (χ4n) is 1.85. The van der Waals surface area contributed by atoms with Crippen molar-refractivity contribution in [3.05, 3.63) is 53.9 Å². The van der Waals surface area contributed by atoms with Crippen LogP contribution in [0, 0.1) is 0 Å². The first-order valence-corrected chi connectivity index (χ1v) is 6.40. The second kappa shape index (κ2) is 6.99. The maximum Gasteiger partial charge on any atom is 0.387 e. The molecule has 1 atom stereocenters. The molecule has 2 aromatic rings. The molecule has 1 unspecified atom stereocenters. The van der Waals surface area contributed by atoms with E-state index in [9.17, 15) is 13.9 Å². The van der Waals surface area contributed by atoms with Gasteiger partial charge < -0.3 is 14.6 Å². The molecule has 0 aliphatic heterocycles. The zero-order valence-corrected chi connectivity index (χ0v) is 11.4. The Morgan fingerprint density at radius 1 is 1.10 bits per heavy atom. The van der Waals surface area contributed by atoms with Gasteiger partial charge in [0.1, 0.15) is 17.6 Å². The third-order valence-corrected chi connectivity index (χ3v) is 2.78. The SMILES string of the molecule is CCOc1cncc(C(O)c2ccc(OC(F)F)cc2)c1. The molecule has 0 saturated heterocycles. The lowest BCUT2D eigenvalue weighted by Crippen LogP contribution is -2.04. The zero-order chi connectivity index (χ0) is 15.2. The van der Waals surface area contributed by atoms with Crippen molar-refractivity contribution in [3.63, 3.8) is 0 Å². The van der Waals surface area contributed by atoms with Gasteiger partial charge in [-0.1, -0.05) is 12.1 Å². The number of aliphatic hydroxyl groups is 1. The summed E-state index contributed by atoms with van der Waals surface area (Å²) >= 11 is 0. The number of aliphatic hydroxyl groups excluding tert-OH is 1. The number of aromatic nitrogens is 1. The molecular weight excluding hydrogens is 280 g/mol. The predicted octanol–water partition coefficient (Wildman–Crippen LogP) is 3.16. The maximum atomic E-state index is 12.1. The van der Waals surface area contributed by atoms with Gasteiger partial charge in [0.25, 0.3) is 0 Å². The first kappa shape index (κ1) is 15.2. The van der Waals surface area contributed by atoms with E-state index in [1.54, 1.807) is 12.3 Å². The number of pyridine rings is 1. The van der Waals surface area contributed by atoms with Crippen molar-refractivity contribution in [1.29, 1.82) is 0 Å². The molecule has 4 nitrogen and oxygen atoms in total. The van der Waals surface area contributed by atoms with Gasteiger partial charge >= 0.3 is 6.61 Å². The Morgan fingerprint density at radius 2 is 1.81 bits per heavy atom. The number of rotatable bonds is 6. The minimum absolute atomic E-state index is 0.0437. The van der Waals surface area contributed by atoms with Crippen LogP contribution in [0.2, 0.25) is 0 Å². The number of halogens is 2. The van der Waals surface area contributed by atoms with Crippen molar-refractivity contribution >= 4 is 0 Å². The summed E-state index contributed by atoms with van der Waals surface area (Å²) in [6.07, 6.45) is 2.16. The number of benzene rings is 1. The molecular formula is C15H15F2NO3. The van der Waals surface area contributed by atoms with E-state index in [4.69, 9.17) is 4.74 Å². The van der Waals surface area contributed by atoms with Crippen molar-refractivity contribution in [2.24, 2.45) is 0 Å². The van der Waals surface area contributed by atoms with Gasteiger partial charge in [-0.3, -0.25) is 4.98 Å². The lowest BCUT2D eigenvalue weighted by Gasteiger charge is -2.13. The van der Waals surface area contributed by atoms with E-state index in [0.29, 0.717) is 23.5 Å². The van der Waals surface area contributed by atoms with Crippen LogP contribution >= 0.6 is 0 Å². The molecule has 2 rings (SSSR count). The number of hydrogen-bond donors (Lipinski definition) is 1. The van der Waals surface area contributed by atoms with Crippen molar-refractivity contribution in [2.75, 3.05) is 6.61 Å². The van der Waals surface area contributed by atoms with E-state index >= 15 is 0 Å². The Kier molecular flexibility index (Phi) is 5.05. The molecule has 1 N–H and O–H groups in total. The summed E-state index contributed by atoms with van der Waals surface area (Å²) in [4.78, 5) is 4.00. The van der Waals surface area contributed by atoms with E-state index in [-0.39, 0.29) is 5.75 Å². The van der Waals surface area contributed by atoms with Gasteiger partial charge in [-0.2, -0.15) is 8.78 Å². The molecule has 0 radical (unpaired) electrons. The highest BCUT2D eigenvalue weighted by molar-refractivity contribution is 5.35. The van der Waals surface area contributed by atoms with Crippen LogP contribution in [0.4, 0.5) is 8.78 Å². The molecule has 0 saturated carbocycles. The third-order valence-electron chi connectivity index (χ3n) is 2.78. The molecule has 0 aliphatic carbocycles. The highest BCUT2D eigenvalue weighted by Gasteiger charge is 2.12. The molecule has 1 aromatic carbocycles. The molecule has 1 heterocycles. The first-order valence-electron chi connectivity index (χ1n) is 6.40. The summed E-state index contributed by atoms with van der Waals surface area (Å²) in [7, 11) is 0. The van der Waals surface area contributed by atoms with Crippen LogP contribution in [0.25, 0.3) is 0 Å². The minimum atomic E-state index is -2.87. The fraction of sp³-hybridized carbons (Fsp3) is 0.267. The number of alkyl halides is 2. The molecule has 0 fully saturated rings. The summed E-state index contributed by atoms with van der Waals surface area (Å²) < 4.78 is 33.7. The summed E-state index contributed by atoms with van der Waals surface area (Å²) in [5.41, 5.74) is 1.11. The van der Waals surface area contributed by atoms with Crippen LogP contribution in [0.3, 0.4) is 0 Å². The smallest absolute Gasteiger partial charge is 0.387 e. The van der Waals surface area contributed by atoms with Crippen LogP contribution in [0.1, 0.15) is 24.2 Å². The Hall–Kier alpha value is -2.21. The van der Waals surface area contributed by atoms with E-state index in [1.165, 1.54) is 30.5 Å². The molecule has 0 amide bonds. The zero-order valence-electron chi connectivity index (χ0n) is 11.4. The molecule has 6 heteroatoms. The van der Waals surface area contributed by atoms with Gasteiger partial charge in [-0.15, -0.1) is 0 Å². The van der Waals surface area contributed by atoms with Gasteiger partial charge in [0.2, 0.25) is 0 Å². The second-order valence-electron chi connectivity index (χ2n) is 4.24. The van der Waals surface area contributed by atoms with Gasteiger partial charge in [0, 0.05) is 11.8 Å². The number of hydrogen-bond acceptors (Lipinski definition) is 4. The number of ether oxygens (including phenoxy) is 2. The minimum Gasteiger partial charge on any atom is -0.492 e. The summed E-state index contributed by atoms with van der Waals surface area (Å²) in [6.45, 7) is -0.515. The Labute approximate surface area is 121 Å². The van der Waals surface area contributed by atoms with Crippen molar-refractivity contribution in [1.82, 2.24) is 4.98 Å². The lowest BCUT2D eigenvalue weighted by molar-refractivity contribution is -0.0498. The summed E-state index contributed by atoms with van der Waals surface area (Å²) in [6, 6.07) is 7.49. The van der Waals surface area contributed by atoms with Crippen LogP contribution < -0.4 is 9.47 Å². The third kappa shape index (κ3) is 4.13. The molecule has 0 spiro atoms. The van der Waals surface area contributed by atoms with Crippen LogP contribution in [0.15, 0.2) is 42.7 Å². The van der Waals surface area contributed by atoms with E-state index in [2.05, 4.69) is 9.72 Å². The van der Waals surface area contributed by atoms with E-state index in [1.807, 2.05) is 6.92 Å². The Morgan fingerprint density at radius 3 is 2.43 bits per heavy atom. The first-order chi connectivity index (χ1) is 10.1. The van der Waals surface area contributed by atoms with Crippen LogP contribution in [-0.4, -0.2) is 23.3 Å². The molecule has 1 aromatic heterocycles.